The molecule has 1 rings (SSSR count). The predicted octanol–water partition coefficient (Wildman–Crippen LogP) is 1.99. The average Bonchev–Trinajstić information content (AvgIpc) is 2.34. The molecule has 0 atom stereocenters. The molecule has 1 N–H and O–H groups in total. The molecule has 0 spiro atoms. The lowest BCUT2D eigenvalue weighted by Crippen LogP contribution is -2.26. The van der Waals surface area contributed by atoms with E-state index in [4.69, 9.17) is 0 Å². The van der Waals surface area contributed by atoms with Crippen LogP contribution in [0.4, 0.5) is 5.82 Å². The van der Waals surface area contributed by atoms with Gasteiger partial charge in [0.05, 0.1) is 11.9 Å². The van der Waals surface area contributed by atoms with Crippen molar-refractivity contribution in [2.45, 2.75) is 33.4 Å². The quantitative estimate of drug-likeness (QED) is 0.733. The van der Waals surface area contributed by atoms with Crippen LogP contribution in [0.1, 0.15) is 26.5 Å². The van der Waals surface area contributed by atoms with E-state index in [-0.39, 0.29) is 0 Å². The number of rotatable bonds is 7. The number of nitrogens with one attached hydrogen (secondary N) is 1. The fourth-order valence-electron chi connectivity index (χ4n) is 1.48. The van der Waals surface area contributed by atoms with Crippen LogP contribution in [0.2, 0.25) is 0 Å². The van der Waals surface area contributed by atoms with Gasteiger partial charge in [-0.2, -0.15) is 0 Å². The highest BCUT2D eigenvalue weighted by Gasteiger charge is 2.05. The monoisotopic (exact) mass is 234 g/mol. The SMILES string of the molecule is C=CCN(CC)c1cncc(CNC(C)C)n1. The molecular formula is C13H22N4. The van der Waals surface area contributed by atoms with Gasteiger partial charge in [0.1, 0.15) is 5.82 Å². The molecule has 0 aliphatic rings. The Morgan fingerprint density at radius 3 is 2.82 bits per heavy atom. The normalized spacial score (nSPS) is 10.6. The van der Waals surface area contributed by atoms with E-state index in [0.717, 1.165) is 31.1 Å². The first kappa shape index (κ1) is 13.6. The van der Waals surface area contributed by atoms with Crippen LogP contribution in [0, 0.1) is 0 Å². The number of likely N-dealkylation sites (N-methyl/N-ethyl adjacent to an activating group) is 1. The Balaban J connectivity index is 2.73. The maximum Gasteiger partial charge on any atom is 0.147 e. The molecule has 0 bridgehead atoms. The van der Waals surface area contributed by atoms with Crippen LogP contribution in [-0.4, -0.2) is 29.1 Å². The molecule has 0 aliphatic carbocycles. The minimum atomic E-state index is 0.455. The number of hydrogen-bond acceptors (Lipinski definition) is 4. The van der Waals surface area contributed by atoms with Crippen molar-refractivity contribution in [2.24, 2.45) is 0 Å². The van der Waals surface area contributed by atoms with Gasteiger partial charge in [-0.05, 0) is 6.92 Å². The minimum Gasteiger partial charge on any atom is -0.352 e. The van der Waals surface area contributed by atoms with Crippen LogP contribution in [-0.2, 0) is 6.54 Å². The van der Waals surface area contributed by atoms with Gasteiger partial charge in [0.25, 0.3) is 0 Å². The topological polar surface area (TPSA) is 41.1 Å². The molecule has 0 saturated heterocycles. The predicted molar refractivity (Wildman–Crippen MR) is 72.1 cm³/mol. The molecular weight excluding hydrogens is 212 g/mol. The highest BCUT2D eigenvalue weighted by Crippen LogP contribution is 2.09. The van der Waals surface area contributed by atoms with Crippen LogP contribution in [0.5, 0.6) is 0 Å². The number of hydrogen-bond donors (Lipinski definition) is 1. The van der Waals surface area contributed by atoms with E-state index in [2.05, 4.69) is 47.5 Å². The van der Waals surface area contributed by atoms with E-state index in [1.807, 2.05) is 6.08 Å². The molecule has 0 aliphatic heterocycles. The van der Waals surface area contributed by atoms with Gasteiger partial charge < -0.3 is 10.2 Å². The molecule has 0 saturated carbocycles. The van der Waals surface area contributed by atoms with Gasteiger partial charge in [-0.3, -0.25) is 4.98 Å². The first-order valence-corrected chi connectivity index (χ1v) is 6.07. The fourth-order valence-corrected chi connectivity index (χ4v) is 1.48. The summed E-state index contributed by atoms with van der Waals surface area (Å²) in [6.07, 6.45) is 5.48. The zero-order valence-corrected chi connectivity index (χ0v) is 11.0. The van der Waals surface area contributed by atoms with Crippen LogP contribution >= 0.6 is 0 Å². The highest BCUT2D eigenvalue weighted by atomic mass is 15.2. The third-order valence-electron chi connectivity index (χ3n) is 2.42. The summed E-state index contributed by atoms with van der Waals surface area (Å²) in [6, 6.07) is 0.455. The summed E-state index contributed by atoms with van der Waals surface area (Å²) in [7, 11) is 0. The van der Waals surface area contributed by atoms with E-state index in [1.54, 1.807) is 12.4 Å². The van der Waals surface area contributed by atoms with E-state index in [0.29, 0.717) is 6.04 Å². The first-order chi connectivity index (χ1) is 8.17. The van der Waals surface area contributed by atoms with Gasteiger partial charge >= 0.3 is 0 Å². The van der Waals surface area contributed by atoms with Gasteiger partial charge in [0.15, 0.2) is 0 Å². The molecule has 1 aromatic heterocycles. The van der Waals surface area contributed by atoms with E-state index < -0.39 is 0 Å². The number of aromatic nitrogens is 2. The Hall–Kier alpha value is -1.42. The van der Waals surface area contributed by atoms with Crippen LogP contribution in [0.15, 0.2) is 25.0 Å². The lowest BCUT2D eigenvalue weighted by Gasteiger charge is -2.20. The number of nitrogens with zero attached hydrogens (tertiary/aromatic N) is 3. The van der Waals surface area contributed by atoms with Crippen molar-refractivity contribution in [3.8, 4) is 0 Å². The lowest BCUT2D eigenvalue weighted by atomic mass is 10.3. The van der Waals surface area contributed by atoms with Crippen molar-refractivity contribution in [1.82, 2.24) is 15.3 Å². The molecule has 1 aromatic rings. The maximum absolute atomic E-state index is 4.59. The van der Waals surface area contributed by atoms with Gasteiger partial charge in [0, 0.05) is 31.9 Å². The zero-order chi connectivity index (χ0) is 12.7. The summed E-state index contributed by atoms with van der Waals surface area (Å²) >= 11 is 0. The molecule has 0 fully saturated rings. The second-order valence-electron chi connectivity index (χ2n) is 4.23. The van der Waals surface area contributed by atoms with Gasteiger partial charge in [-0.25, -0.2) is 4.98 Å². The van der Waals surface area contributed by atoms with Crippen molar-refractivity contribution >= 4 is 5.82 Å². The summed E-state index contributed by atoms with van der Waals surface area (Å²) < 4.78 is 0. The molecule has 0 radical (unpaired) electrons. The third-order valence-corrected chi connectivity index (χ3v) is 2.42. The zero-order valence-electron chi connectivity index (χ0n) is 11.0. The Morgan fingerprint density at radius 1 is 1.47 bits per heavy atom. The molecule has 4 heteroatoms. The molecule has 0 unspecified atom stereocenters. The molecule has 17 heavy (non-hydrogen) atoms. The summed E-state index contributed by atoms with van der Waals surface area (Å²) in [5.41, 5.74) is 0.971. The summed E-state index contributed by atoms with van der Waals surface area (Å²) in [4.78, 5) is 11.0. The Labute approximate surface area is 104 Å². The van der Waals surface area contributed by atoms with Gasteiger partial charge in [-0.15, -0.1) is 6.58 Å². The Morgan fingerprint density at radius 2 is 2.24 bits per heavy atom. The summed E-state index contributed by atoms with van der Waals surface area (Å²) in [6.45, 7) is 12.5. The molecule has 0 amide bonds. The Bertz CT molecular complexity index is 349. The summed E-state index contributed by atoms with van der Waals surface area (Å²) in [5, 5.41) is 3.34. The third kappa shape index (κ3) is 4.53. The van der Waals surface area contributed by atoms with E-state index in [9.17, 15) is 0 Å². The van der Waals surface area contributed by atoms with Gasteiger partial charge in [-0.1, -0.05) is 19.9 Å². The van der Waals surface area contributed by atoms with Gasteiger partial charge in [0.2, 0.25) is 0 Å². The average molecular weight is 234 g/mol. The molecule has 1 heterocycles. The Kier molecular flexibility index (Phi) is 5.63. The maximum atomic E-state index is 4.59. The van der Waals surface area contributed by atoms with Crippen molar-refractivity contribution in [1.29, 1.82) is 0 Å². The van der Waals surface area contributed by atoms with Crippen LogP contribution < -0.4 is 10.2 Å². The molecule has 4 nitrogen and oxygen atoms in total. The van der Waals surface area contributed by atoms with Crippen molar-refractivity contribution in [2.75, 3.05) is 18.0 Å². The van der Waals surface area contributed by atoms with Crippen molar-refractivity contribution in [3.05, 3.63) is 30.7 Å². The second kappa shape index (κ2) is 7.01. The highest BCUT2D eigenvalue weighted by molar-refractivity contribution is 5.36. The fraction of sp³-hybridized carbons (Fsp3) is 0.538. The largest absolute Gasteiger partial charge is 0.352 e. The molecule has 0 aromatic carbocycles. The number of anilines is 1. The van der Waals surface area contributed by atoms with E-state index >= 15 is 0 Å². The first-order valence-electron chi connectivity index (χ1n) is 6.07. The molecule has 94 valence electrons. The van der Waals surface area contributed by atoms with Crippen molar-refractivity contribution < 1.29 is 0 Å². The summed E-state index contributed by atoms with van der Waals surface area (Å²) in [5.74, 6) is 0.912. The second-order valence-corrected chi connectivity index (χ2v) is 4.23. The lowest BCUT2D eigenvalue weighted by molar-refractivity contribution is 0.580. The van der Waals surface area contributed by atoms with Crippen LogP contribution in [0.3, 0.4) is 0 Å². The standard InChI is InChI=1S/C13H22N4/c1-5-7-17(6-2)13-10-14-8-12(16-13)9-15-11(3)4/h5,8,10-11,15H,1,6-7,9H2,2-4H3. The van der Waals surface area contributed by atoms with E-state index in [1.165, 1.54) is 0 Å². The van der Waals surface area contributed by atoms with Crippen molar-refractivity contribution in [3.63, 3.8) is 0 Å². The minimum absolute atomic E-state index is 0.455. The van der Waals surface area contributed by atoms with Crippen LogP contribution in [0.25, 0.3) is 0 Å². The smallest absolute Gasteiger partial charge is 0.147 e.